The number of hydrogen-bond acceptors (Lipinski definition) is 5. The molecule has 3 N–H and O–H groups in total. The largest absolute Gasteiger partial charge is 0.509 e. The molecule has 0 spiro atoms. The van der Waals surface area contributed by atoms with Crippen molar-refractivity contribution in [2.75, 3.05) is 7.11 Å². The van der Waals surface area contributed by atoms with E-state index in [4.69, 9.17) is 9.84 Å². The van der Waals surface area contributed by atoms with Crippen LogP contribution in [0.1, 0.15) is 59.3 Å². The molecule has 0 unspecified atom stereocenters. The van der Waals surface area contributed by atoms with Gasteiger partial charge in [-0.2, -0.15) is 0 Å². The van der Waals surface area contributed by atoms with Crippen molar-refractivity contribution in [3.05, 3.63) is 46.3 Å². The number of aliphatic hydroxyl groups is 2. The lowest BCUT2D eigenvalue weighted by Gasteiger charge is -2.25. The van der Waals surface area contributed by atoms with Gasteiger partial charge in [0.25, 0.3) is 0 Å². The van der Waals surface area contributed by atoms with Crippen molar-refractivity contribution in [3.8, 4) is 0 Å². The highest BCUT2D eigenvalue weighted by molar-refractivity contribution is 6.00. The maximum atomic E-state index is 12.3. The highest BCUT2D eigenvalue weighted by Gasteiger charge is 2.34. The lowest BCUT2D eigenvalue weighted by atomic mass is 9.89. The van der Waals surface area contributed by atoms with Crippen molar-refractivity contribution in [2.24, 2.45) is 0 Å². The summed E-state index contributed by atoms with van der Waals surface area (Å²) in [6, 6.07) is 0. The molecule has 6 nitrogen and oxygen atoms in total. The Morgan fingerprint density at radius 1 is 1.11 bits per heavy atom. The van der Waals surface area contributed by atoms with E-state index >= 15 is 0 Å². The molecule has 0 saturated heterocycles. The minimum atomic E-state index is -1.06. The van der Waals surface area contributed by atoms with E-state index in [0.29, 0.717) is 12.0 Å². The Balaban J connectivity index is 2.54. The number of carboxylic acids is 1. The van der Waals surface area contributed by atoms with E-state index in [-0.39, 0.29) is 30.0 Å². The molecule has 0 bridgehead atoms. The number of allylic oxidation sites excluding steroid dienone is 5. The maximum Gasteiger partial charge on any atom is 0.330 e. The third kappa shape index (κ3) is 7.44. The van der Waals surface area contributed by atoms with E-state index < -0.39 is 18.2 Å². The Bertz CT molecular complexity index is 696. The van der Waals surface area contributed by atoms with Crippen LogP contribution in [0.3, 0.4) is 0 Å². The number of rotatable bonds is 10. The van der Waals surface area contributed by atoms with Gasteiger partial charge in [0.05, 0.1) is 0 Å². The standard InChI is InChI=1S/C22H32O6/c1-14(9-6-10-16(3)22(26)27)7-5-8-15(2)11-12-17-20(24)18(23)13-19(28-4)21(17)25/h7,10-11,18-19,23-24H,5-6,8-9,12-13H2,1-4H3,(H,26,27)/b14-7+,15-11+,16-10+/t18-,19+/m0/s1. The van der Waals surface area contributed by atoms with Crippen LogP contribution in [-0.4, -0.2) is 46.4 Å². The fourth-order valence-electron chi connectivity index (χ4n) is 2.98. The number of ether oxygens (including phenoxy) is 1. The maximum absolute atomic E-state index is 12.3. The molecule has 6 heteroatoms. The summed E-state index contributed by atoms with van der Waals surface area (Å²) >= 11 is 0. The highest BCUT2D eigenvalue weighted by atomic mass is 16.5. The van der Waals surface area contributed by atoms with Crippen LogP contribution in [0.25, 0.3) is 0 Å². The molecule has 0 fully saturated rings. The van der Waals surface area contributed by atoms with Gasteiger partial charge in [0.1, 0.15) is 18.0 Å². The molecule has 1 rings (SSSR count). The number of hydrogen-bond donors (Lipinski definition) is 3. The Morgan fingerprint density at radius 2 is 1.68 bits per heavy atom. The van der Waals surface area contributed by atoms with E-state index in [2.05, 4.69) is 6.08 Å². The molecule has 0 aromatic carbocycles. The fourth-order valence-corrected chi connectivity index (χ4v) is 2.98. The Kier molecular flexibility index (Phi) is 9.90. The lowest BCUT2D eigenvalue weighted by molar-refractivity contribution is -0.132. The first-order chi connectivity index (χ1) is 13.2. The summed E-state index contributed by atoms with van der Waals surface area (Å²) in [5.41, 5.74) is 2.88. The van der Waals surface area contributed by atoms with Crippen molar-refractivity contribution in [1.82, 2.24) is 0 Å². The van der Waals surface area contributed by atoms with E-state index in [1.54, 1.807) is 13.0 Å². The third-order valence-corrected chi connectivity index (χ3v) is 4.95. The number of carbonyl (C=O) groups excluding carboxylic acids is 1. The summed E-state index contributed by atoms with van der Waals surface area (Å²) in [6.45, 7) is 5.59. The molecule has 1 aliphatic carbocycles. The highest BCUT2D eigenvalue weighted by Crippen LogP contribution is 2.26. The second-order valence-corrected chi connectivity index (χ2v) is 7.28. The summed E-state index contributed by atoms with van der Waals surface area (Å²) in [5, 5.41) is 28.7. The van der Waals surface area contributed by atoms with Gasteiger partial charge in [-0.05, 0) is 52.9 Å². The zero-order chi connectivity index (χ0) is 21.3. The van der Waals surface area contributed by atoms with Crippen LogP contribution in [0.15, 0.2) is 46.3 Å². The van der Waals surface area contributed by atoms with Gasteiger partial charge in [-0.1, -0.05) is 29.4 Å². The van der Waals surface area contributed by atoms with Crippen LogP contribution < -0.4 is 0 Å². The number of carbonyl (C=O) groups is 2. The van der Waals surface area contributed by atoms with Crippen LogP contribution >= 0.6 is 0 Å². The van der Waals surface area contributed by atoms with Crippen molar-refractivity contribution in [3.63, 3.8) is 0 Å². The average Bonchev–Trinajstić information content (AvgIpc) is 2.64. The van der Waals surface area contributed by atoms with E-state index in [9.17, 15) is 19.8 Å². The molecule has 0 aromatic rings. The lowest BCUT2D eigenvalue weighted by Crippen LogP contribution is -2.36. The normalized spacial score (nSPS) is 22.0. The molecule has 156 valence electrons. The van der Waals surface area contributed by atoms with Gasteiger partial charge in [0.15, 0.2) is 5.78 Å². The van der Waals surface area contributed by atoms with Gasteiger partial charge >= 0.3 is 5.97 Å². The fraction of sp³-hybridized carbons (Fsp3) is 0.545. The second kappa shape index (κ2) is 11.6. The topological polar surface area (TPSA) is 104 Å². The van der Waals surface area contributed by atoms with Crippen LogP contribution in [0.2, 0.25) is 0 Å². The summed E-state index contributed by atoms with van der Waals surface area (Å²) in [4.78, 5) is 23.0. The van der Waals surface area contributed by atoms with Crippen LogP contribution in [0, 0.1) is 0 Å². The van der Waals surface area contributed by atoms with Gasteiger partial charge in [-0.3, -0.25) is 4.79 Å². The SMILES string of the molecule is CO[C@@H]1C[C@H](O)C(O)=C(C/C=C(\C)CC/C=C(\C)CC/C=C(\C)C(=O)O)C1=O. The van der Waals surface area contributed by atoms with Gasteiger partial charge in [0, 0.05) is 24.7 Å². The molecule has 0 heterocycles. The zero-order valence-corrected chi connectivity index (χ0v) is 17.2. The zero-order valence-electron chi connectivity index (χ0n) is 17.2. The van der Waals surface area contributed by atoms with Crippen molar-refractivity contribution in [2.45, 2.75) is 71.5 Å². The minimum absolute atomic E-state index is 0.0820. The van der Waals surface area contributed by atoms with Crippen LogP contribution in [0.4, 0.5) is 0 Å². The molecular weight excluding hydrogens is 360 g/mol. The molecule has 28 heavy (non-hydrogen) atoms. The molecule has 1 aliphatic rings. The van der Waals surface area contributed by atoms with Crippen LogP contribution in [0.5, 0.6) is 0 Å². The second-order valence-electron chi connectivity index (χ2n) is 7.28. The first-order valence-electron chi connectivity index (χ1n) is 9.55. The number of aliphatic hydroxyl groups excluding tert-OH is 2. The van der Waals surface area contributed by atoms with Crippen molar-refractivity contribution in [1.29, 1.82) is 0 Å². The number of carboxylic acid groups (broad SMARTS) is 1. The van der Waals surface area contributed by atoms with Crippen molar-refractivity contribution < 1.29 is 29.6 Å². The predicted octanol–water partition coefficient (Wildman–Crippen LogP) is 4.02. The van der Waals surface area contributed by atoms with Gasteiger partial charge < -0.3 is 20.1 Å². The van der Waals surface area contributed by atoms with E-state index in [1.807, 2.05) is 19.9 Å². The third-order valence-electron chi connectivity index (χ3n) is 4.95. The Labute approximate surface area is 166 Å². The minimum Gasteiger partial charge on any atom is -0.509 e. The molecule has 0 aliphatic heterocycles. The van der Waals surface area contributed by atoms with Gasteiger partial charge in [0.2, 0.25) is 0 Å². The number of methoxy groups -OCH3 is 1. The van der Waals surface area contributed by atoms with Gasteiger partial charge in [-0.15, -0.1) is 0 Å². The van der Waals surface area contributed by atoms with Crippen molar-refractivity contribution >= 4 is 11.8 Å². The first kappa shape index (κ1) is 23.9. The first-order valence-corrected chi connectivity index (χ1v) is 9.55. The van der Waals surface area contributed by atoms with E-state index in [1.165, 1.54) is 12.7 Å². The average molecular weight is 392 g/mol. The summed E-state index contributed by atoms with van der Waals surface area (Å²) in [5.74, 6) is -1.40. The summed E-state index contributed by atoms with van der Waals surface area (Å²) in [7, 11) is 1.42. The molecule has 0 radical (unpaired) electrons. The number of aliphatic carboxylic acids is 1. The molecule has 0 saturated carbocycles. The molecule has 0 amide bonds. The van der Waals surface area contributed by atoms with Crippen LogP contribution in [-0.2, 0) is 14.3 Å². The molecule has 2 atom stereocenters. The summed E-state index contributed by atoms with van der Waals surface area (Å²) in [6.07, 6.45) is 7.53. The Hall–Kier alpha value is -2.18. The number of Topliss-reactive ketones (excluding diaryl/α,β-unsaturated/α-hetero) is 1. The summed E-state index contributed by atoms with van der Waals surface area (Å²) < 4.78 is 5.09. The predicted molar refractivity (Wildman–Crippen MR) is 108 cm³/mol. The van der Waals surface area contributed by atoms with Gasteiger partial charge in [-0.25, -0.2) is 4.79 Å². The smallest absolute Gasteiger partial charge is 0.330 e. The molecular formula is C22H32O6. The quantitative estimate of drug-likeness (QED) is 0.383. The monoisotopic (exact) mass is 392 g/mol. The van der Waals surface area contributed by atoms with E-state index in [0.717, 1.165) is 24.8 Å². The Morgan fingerprint density at radius 3 is 2.25 bits per heavy atom. The molecule has 0 aromatic heterocycles. The number of ketones is 1.